The molecular formula is C25H19IN4O4S. The van der Waals surface area contributed by atoms with Crippen molar-refractivity contribution in [2.75, 3.05) is 5.32 Å². The molecule has 8 nitrogen and oxygen atoms in total. The number of fused-ring (bicyclic) bond motifs is 1. The summed E-state index contributed by atoms with van der Waals surface area (Å²) in [6.07, 6.45) is 5.12. The van der Waals surface area contributed by atoms with Crippen LogP contribution in [-0.4, -0.2) is 24.0 Å². The molecule has 1 heterocycles. The van der Waals surface area contributed by atoms with E-state index in [9.17, 15) is 19.6 Å². The highest BCUT2D eigenvalue weighted by atomic mass is 127. The molecule has 10 heteroatoms. The number of carbonyl (C=O) groups excluding carboxylic acids is 3. The minimum absolute atomic E-state index is 0.363. The Morgan fingerprint density at radius 2 is 1.80 bits per heavy atom. The molecule has 2 amide bonds. The van der Waals surface area contributed by atoms with Crippen molar-refractivity contribution in [3.8, 4) is 11.8 Å². The van der Waals surface area contributed by atoms with Gasteiger partial charge in [-0.1, -0.05) is 12.1 Å². The van der Waals surface area contributed by atoms with Gasteiger partial charge in [-0.15, -0.1) is 11.3 Å². The molecule has 0 radical (unpaired) electrons. The fourth-order valence-electron chi connectivity index (χ4n) is 3.56. The molecule has 0 spiro atoms. The average molecular weight is 598 g/mol. The van der Waals surface area contributed by atoms with E-state index in [2.05, 4.69) is 44.5 Å². The van der Waals surface area contributed by atoms with Crippen LogP contribution < -0.4 is 15.5 Å². The largest absolute Gasteiger partial charge is 0.423 e. The Labute approximate surface area is 219 Å². The Hall–Kier alpha value is -3.56. The lowest BCUT2D eigenvalue weighted by Crippen LogP contribution is -2.32. The van der Waals surface area contributed by atoms with Gasteiger partial charge in [-0.25, -0.2) is 10.2 Å². The van der Waals surface area contributed by atoms with Crippen LogP contribution in [0.15, 0.2) is 53.6 Å². The number of hydrogen-bond acceptors (Lipinski definition) is 7. The summed E-state index contributed by atoms with van der Waals surface area (Å²) in [5, 5.41) is 16.2. The number of rotatable bonds is 5. The van der Waals surface area contributed by atoms with Gasteiger partial charge in [-0.2, -0.15) is 10.4 Å². The van der Waals surface area contributed by atoms with Gasteiger partial charge in [-0.3, -0.25) is 9.59 Å². The fraction of sp³-hybridized carbons (Fsp3) is 0.160. The topological polar surface area (TPSA) is 121 Å². The highest BCUT2D eigenvalue weighted by molar-refractivity contribution is 14.1. The molecule has 0 bridgehead atoms. The summed E-state index contributed by atoms with van der Waals surface area (Å²) in [5.41, 5.74) is 4.70. The molecule has 2 aromatic carbocycles. The molecule has 35 heavy (non-hydrogen) atoms. The predicted octanol–water partition coefficient (Wildman–Crippen LogP) is 4.41. The van der Waals surface area contributed by atoms with Gasteiger partial charge < -0.3 is 10.1 Å². The molecule has 0 saturated heterocycles. The van der Waals surface area contributed by atoms with Crippen LogP contribution in [0.25, 0.3) is 0 Å². The molecule has 3 aromatic rings. The third-order valence-corrected chi connectivity index (χ3v) is 7.43. The van der Waals surface area contributed by atoms with E-state index in [1.807, 2.05) is 12.1 Å². The fourth-order valence-corrected chi connectivity index (χ4v) is 5.40. The van der Waals surface area contributed by atoms with Crippen molar-refractivity contribution >= 4 is 62.9 Å². The number of hydrazone groups is 1. The number of carbonyl (C=O) groups is 3. The normalized spacial score (nSPS) is 12.5. The third-order valence-electron chi connectivity index (χ3n) is 5.28. The second-order valence-corrected chi connectivity index (χ2v) is 9.89. The molecule has 0 fully saturated rings. The first kappa shape index (κ1) is 24.6. The molecule has 2 N–H and O–H groups in total. The summed E-state index contributed by atoms with van der Waals surface area (Å²) in [4.78, 5) is 37.8. The summed E-state index contributed by atoms with van der Waals surface area (Å²) >= 11 is 3.42. The quantitative estimate of drug-likeness (QED) is 0.113. The zero-order valence-electron chi connectivity index (χ0n) is 18.3. The Morgan fingerprint density at radius 1 is 1.06 bits per heavy atom. The predicted molar refractivity (Wildman–Crippen MR) is 141 cm³/mol. The average Bonchev–Trinajstić information content (AvgIpc) is 3.22. The van der Waals surface area contributed by atoms with Gasteiger partial charge in [-0.05, 0) is 95.8 Å². The first-order valence-electron chi connectivity index (χ1n) is 10.7. The van der Waals surface area contributed by atoms with E-state index in [-0.39, 0.29) is 0 Å². The molecule has 0 atom stereocenters. The number of benzene rings is 2. The van der Waals surface area contributed by atoms with Crippen molar-refractivity contribution in [1.82, 2.24) is 5.43 Å². The van der Waals surface area contributed by atoms with Crippen molar-refractivity contribution in [2.24, 2.45) is 5.10 Å². The van der Waals surface area contributed by atoms with E-state index < -0.39 is 17.8 Å². The lowest BCUT2D eigenvalue weighted by Gasteiger charge is -2.09. The molecule has 0 aliphatic heterocycles. The molecule has 4 rings (SSSR count). The van der Waals surface area contributed by atoms with Gasteiger partial charge in [0.05, 0.1) is 17.3 Å². The summed E-state index contributed by atoms with van der Waals surface area (Å²) in [6.45, 7) is 0. The van der Waals surface area contributed by atoms with E-state index in [1.165, 1.54) is 17.6 Å². The Balaban J connectivity index is 1.31. The van der Waals surface area contributed by atoms with Crippen LogP contribution in [0.4, 0.5) is 5.00 Å². The number of nitrogens with zero attached hydrogens (tertiary/aromatic N) is 2. The number of anilines is 1. The monoisotopic (exact) mass is 598 g/mol. The number of thiophene rings is 1. The number of nitrogens with one attached hydrogen (secondary N) is 2. The first-order chi connectivity index (χ1) is 17.0. The minimum Gasteiger partial charge on any atom is -0.423 e. The maximum Gasteiger partial charge on any atom is 0.344 e. The Kier molecular flexibility index (Phi) is 7.89. The lowest BCUT2D eigenvalue weighted by molar-refractivity contribution is -0.136. The van der Waals surface area contributed by atoms with Crippen molar-refractivity contribution < 1.29 is 19.1 Å². The van der Waals surface area contributed by atoms with Crippen LogP contribution in [-0.2, 0) is 22.4 Å². The second kappa shape index (κ2) is 11.2. The van der Waals surface area contributed by atoms with E-state index in [0.29, 0.717) is 27.4 Å². The SMILES string of the molecule is N#Cc1c(NC(=O)C(=O)NN=Cc2ccc(OC(=O)c3ccccc3I)cc2)sc2c1CCCC2. The van der Waals surface area contributed by atoms with Gasteiger partial charge >= 0.3 is 17.8 Å². The standard InChI is InChI=1S/C25H19IN4O4S/c26-20-7-3-1-6-18(20)25(33)34-16-11-9-15(10-12-16)14-28-30-23(32)22(31)29-24-19(13-27)17-5-2-4-8-21(17)35-24/h1,3,6-7,9-12,14H,2,4-5,8H2,(H,29,31)(H,30,32). The number of nitriles is 1. The van der Waals surface area contributed by atoms with Crippen LogP contribution >= 0.6 is 33.9 Å². The van der Waals surface area contributed by atoms with Gasteiger partial charge in [0, 0.05) is 8.45 Å². The Bertz CT molecular complexity index is 1360. The molecular weight excluding hydrogens is 579 g/mol. The van der Waals surface area contributed by atoms with Crippen molar-refractivity contribution in [3.63, 3.8) is 0 Å². The summed E-state index contributed by atoms with van der Waals surface area (Å²) in [7, 11) is 0. The number of halogens is 1. The molecule has 0 saturated carbocycles. The van der Waals surface area contributed by atoms with Crippen LogP contribution in [0.2, 0.25) is 0 Å². The van der Waals surface area contributed by atoms with Crippen LogP contribution in [0.3, 0.4) is 0 Å². The van der Waals surface area contributed by atoms with Crippen LogP contribution in [0, 0.1) is 14.9 Å². The Morgan fingerprint density at radius 3 is 2.54 bits per heavy atom. The maximum absolute atomic E-state index is 12.3. The molecule has 1 aromatic heterocycles. The zero-order chi connectivity index (χ0) is 24.8. The summed E-state index contributed by atoms with van der Waals surface area (Å²) < 4.78 is 6.18. The maximum atomic E-state index is 12.3. The number of hydrogen-bond donors (Lipinski definition) is 2. The number of ether oxygens (including phenoxy) is 1. The number of esters is 1. The lowest BCUT2D eigenvalue weighted by atomic mass is 9.96. The van der Waals surface area contributed by atoms with E-state index >= 15 is 0 Å². The molecule has 176 valence electrons. The first-order valence-corrected chi connectivity index (χ1v) is 12.6. The third kappa shape index (κ3) is 5.93. The summed E-state index contributed by atoms with van der Waals surface area (Å²) in [5.74, 6) is -1.93. The molecule has 0 unspecified atom stereocenters. The van der Waals surface area contributed by atoms with Gasteiger partial charge in [0.2, 0.25) is 0 Å². The zero-order valence-corrected chi connectivity index (χ0v) is 21.3. The van der Waals surface area contributed by atoms with Gasteiger partial charge in [0.1, 0.15) is 16.8 Å². The van der Waals surface area contributed by atoms with Crippen LogP contribution in [0.5, 0.6) is 5.75 Å². The van der Waals surface area contributed by atoms with Crippen LogP contribution in [0.1, 0.15) is 44.8 Å². The summed E-state index contributed by atoms with van der Waals surface area (Å²) in [6, 6.07) is 15.8. The minimum atomic E-state index is -0.945. The number of aryl methyl sites for hydroxylation is 1. The smallest absolute Gasteiger partial charge is 0.344 e. The van der Waals surface area contributed by atoms with Crippen molar-refractivity contribution in [3.05, 3.63) is 79.2 Å². The molecule has 1 aliphatic carbocycles. The van der Waals surface area contributed by atoms with E-state index in [0.717, 1.165) is 39.7 Å². The van der Waals surface area contributed by atoms with Gasteiger partial charge in [0.15, 0.2) is 0 Å². The van der Waals surface area contributed by atoms with E-state index in [1.54, 1.807) is 36.4 Å². The van der Waals surface area contributed by atoms with Crippen molar-refractivity contribution in [2.45, 2.75) is 25.7 Å². The highest BCUT2D eigenvalue weighted by Crippen LogP contribution is 2.37. The van der Waals surface area contributed by atoms with Crippen molar-refractivity contribution in [1.29, 1.82) is 5.26 Å². The second-order valence-electron chi connectivity index (χ2n) is 7.62. The highest BCUT2D eigenvalue weighted by Gasteiger charge is 2.23. The number of amides is 2. The van der Waals surface area contributed by atoms with Gasteiger partial charge in [0.25, 0.3) is 0 Å². The van der Waals surface area contributed by atoms with E-state index in [4.69, 9.17) is 4.74 Å². The molecule has 1 aliphatic rings.